The number of anilines is 1. The summed E-state index contributed by atoms with van der Waals surface area (Å²) < 4.78 is 0. The van der Waals surface area contributed by atoms with Gasteiger partial charge in [0.15, 0.2) is 5.78 Å². The average Bonchev–Trinajstić information content (AvgIpc) is 2.91. The zero-order valence-corrected chi connectivity index (χ0v) is 16.3. The van der Waals surface area contributed by atoms with Crippen LogP contribution in [0.25, 0.3) is 0 Å². The average molecular weight is 395 g/mol. The van der Waals surface area contributed by atoms with Gasteiger partial charge in [-0.3, -0.25) is 9.69 Å². The van der Waals surface area contributed by atoms with Crippen LogP contribution < -0.4 is 5.73 Å². The van der Waals surface area contributed by atoms with Crippen molar-refractivity contribution in [3.05, 3.63) is 86.2 Å². The number of benzene rings is 2. The molecule has 0 bridgehead atoms. The highest BCUT2D eigenvalue weighted by atomic mass is 35.5. The van der Waals surface area contributed by atoms with Crippen LogP contribution in [0.2, 0.25) is 5.02 Å². The number of halogens is 1. The van der Waals surface area contributed by atoms with Crippen molar-refractivity contribution in [1.82, 2.24) is 4.90 Å². The number of hydrogen-bond acceptors (Lipinski definition) is 4. The molecule has 2 aliphatic rings. The molecular weight excluding hydrogens is 376 g/mol. The number of carbonyl (C=O) groups excluding carboxylic acids is 1. The number of hydrogen-bond donors (Lipinski definition) is 1. The van der Waals surface area contributed by atoms with Gasteiger partial charge < -0.3 is 5.73 Å². The molecule has 0 spiro atoms. The molecule has 0 saturated heterocycles. The van der Waals surface area contributed by atoms with Crippen LogP contribution in [-0.4, -0.2) is 17.2 Å². The molecule has 2 aromatic carbocycles. The van der Waals surface area contributed by atoms with Crippen molar-refractivity contribution < 1.29 is 4.79 Å². The smallest absolute Gasteiger partial charge is 0.196 e. The maximum Gasteiger partial charge on any atom is 0.196 e. The molecule has 3 aromatic rings. The first-order valence-corrected chi connectivity index (χ1v) is 10.3. The molecule has 27 heavy (non-hydrogen) atoms. The van der Waals surface area contributed by atoms with Gasteiger partial charge in [-0.05, 0) is 41.3 Å². The van der Waals surface area contributed by atoms with Gasteiger partial charge >= 0.3 is 0 Å². The largest absolute Gasteiger partial charge is 0.390 e. The van der Waals surface area contributed by atoms with Crippen LogP contribution in [-0.2, 0) is 19.5 Å². The van der Waals surface area contributed by atoms with Gasteiger partial charge in [-0.2, -0.15) is 0 Å². The highest BCUT2D eigenvalue weighted by Gasteiger charge is 2.37. The second-order valence-corrected chi connectivity index (χ2v) is 8.94. The van der Waals surface area contributed by atoms with E-state index in [2.05, 4.69) is 29.2 Å². The van der Waals surface area contributed by atoms with Crippen molar-refractivity contribution in [1.29, 1.82) is 0 Å². The van der Waals surface area contributed by atoms with Crippen molar-refractivity contribution in [2.75, 3.05) is 12.3 Å². The molecule has 2 heterocycles. The van der Waals surface area contributed by atoms with Gasteiger partial charge in [-0.25, -0.2) is 0 Å². The van der Waals surface area contributed by atoms with Crippen LogP contribution >= 0.6 is 22.9 Å². The molecule has 3 nitrogen and oxygen atoms in total. The summed E-state index contributed by atoms with van der Waals surface area (Å²) in [5.41, 5.74) is 11.3. The lowest BCUT2D eigenvalue weighted by molar-refractivity contribution is 0.103. The number of carbonyl (C=O) groups is 1. The first kappa shape index (κ1) is 17.0. The van der Waals surface area contributed by atoms with Crippen LogP contribution in [0, 0.1) is 0 Å². The van der Waals surface area contributed by atoms with Crippen molar-refractivity contribution in [3.63, 3.8) is 0 Å². The Balaban J connectivity index is 1.57. The second-order valence-electron chi connectivity index (χ2n) is 7.37. The fraction of sp³-hybridized carbons (Fsp3) is 0.227. The monoisotopic (exact) mass is 394 g/mol. The molecule has 1 aliphatic heterocycles. The summed E-state index contributed by atoms with van der Waals surface area (Å²) in [6.07, 6.45) is 0.823. The first-order valence-electron chi connectivity index (χ1n) is 9.10. The Hall–Kier alpha value is -2.14. The van der Waals surface area contributed by atoms with E-state index in [9.17, 15) is 4.79 Å². The molecule has 0 saturated carbocycles. The maximum atomic E-state index is 13.2. The van der Waals surface area contributed by atoms with Crippen LogP contribution in [0.3, 0.4) is 0 Å². The van der Waals surface area contributed by atoms with E-state index < -0.39 is 0 Å². The number of nitrogens with two attached hydrogens (primary N) is 1. The van der Waals surface area contributed by atoms with Crippen molar-refractivity contribution in [3.8, 4) is 0 Å². The van der Waals surface area contributed by atoms with Crippen LogP contribution in [0.1, 0.15) is 43.4 Å². The zero-order valence-electron chi connectivity index (χ0n) is 14.7. The lowest BCUT2D eigenvalue weighted by Gasteiger charge is -2.33. The summed E-state index contributed by atoms with van der Waals surface area (Å²) in [4.78, 5) is 16.9. The molecule has 1 unspecified atom stereocenters. The number of rotatable bonds is 2. The first-order chi connectivity index (χ1) is 13.1. The molecule has 0 radical (unpaired) electrons. The molecule has 5 heteroatoms. The van der Waals surface area contributed by atoms with E-state index in [1.54, 1.807) is 17.4 Å². The Morgan fingerprint density at radius 3 is 2.81 bits per heavy atom. The van der Waals surface area contributed by atoms with Crippen LogP contribution in [0.5, 0.6) is 0 Å². The number of thiophene rings is 1. The minimum atomic E-state index is 0.0516. The molecule has 1 aromatic heterocycles. The quantitative estimate of drug-likeness (QED) is 0.674. The van der Waals surface area contributed by atoms with E-state index in [1.165, 1.54) is 16.0 Å². The molecule has 1 atom stereocenters. The van der Waals surface area contributed by atoms with Gasteiger partial charge in [-0.15, -0.1) is 11.3 Å². The summed E-state index contributed by atoms with van der Waals surface area (Å²) in [5, 5.41) is 1.33. The third-order valence-corrected chi connectivity index (χ3v) is 6.81. The standard InChI is InChI=1S/C22H19ClN2OS/c23-16-6-7-17-14(9-16)8-15-11-25(10-13-4-2-1-3-5-13)12-18-19(15)20(21(17)26)22(24)27-18/h1-7,9,15H,8,10-12,24H2. The summed E-state index contributed by atoms with van der Waals surface area (Å²) in [7, 11) is 0. The van der Waals surface area contributed by atoms with E-state index in [1.807, 2.05) is 18.2 Å². The minimum absolute atomic E-state index is 0.0516. The van der Waals surface area contributed by atoms with E-state index in [4.69, 9.17) is 17.3 Å². The fourth-order valence-electron chi connectivity index (χ4n) is 4.45. The summed E-state index contributed by atoms with van der Waals surface area (Å²) in [5.74, 6) is 0.320. The van der Waals surface area contributed by atoms with E-state index in [0.717, 1.165) is 42.7 Å². The molecular formula is C22H19ClN2OS. The second kappa shape index (κ2) is 6.48. The zero-order chi connectivity index (χ0) is 18.5. The third kappa shape index (κ3) is 2.89. The molecule has 136 valence electrons. The highest BCUT2D eigenvalue weighted by molar-refractivity contribution is 7.16. The SMILES string of the molecule is Nc1sc2c3c1C(=O)c1ccc(Cl)cc1CC3CN(Cc1ccccc1)C2. The Bertz CT molecular complexity index is 1040. The summed E-state index contributed by atoms with van der Waals surface area (Å²) in [6.45, 7) is 2.67. The number of nitrogens with zero attached hydrogens (tertiary/aromatic N) is 1. The van der Waals surface area contributed by atoms with Gasteiger partial charge in [0, 0.05) is 41.0 Å². The van der Waals surface area contributed by atoms with Gasteiger partial charge in [0.2, 0.25) is 0 Å². The Labute approximate surface area is 167 Å². The van der Waals surface area contributed by atoms with E-state index in [0.29, 0.717) is 10.0 Å². The molecule has 0 amide bonds. The van der Waals surface area contributed by atoms with E-state index >= 15 is 0 Å². The Morgan fingerprint density at radius 1 is 1.19 bits per heavy atom. The van der Waals surface area contributed by atoms with Crippen molar-refractivity contribution >= 4 is 33.7 Å². The van der Waals surface area contributed by atoms with Gasteiger partial charge in [0.25, 0.3) is 0 Å². The topological polar surface area (TPSA) is 46.3 Å². The number of nitrogen functional groups attached to an aromatic ring is 1. The number of fused-ring (bicyclic) bond motifs is 1. The van der Waals surface area contributed by atoms with Crippen LogP contribution in [0.4, 0.5) is 5.00 Å². The van der Waals surface area contributed by atoms with E-state index in [-0.39, 0.29) is 11.7 Å². The molecule has 0 fully saturated rings. The predicted octanol–water partition coefficient (Wildman–Crippen LogP) is 4.87. The minimum Gasteiger partial charge on any atom is -0.390 e. The lowest BCUT2D eigenvalue weighted by atomic mass is 9.88. The van der Waals surface area contributed by atoms with Gasteiger partial charge in [0.05, 0.1) is 10.6 Å². The van der Waals surface area contributed by atoms with Crippen molar-refractivity contribution in [2.45, 2.75) is 25.4 Å². The molecule has 5 rings (SSSR count). The Kier molecular flexibility index (Phi) is 4.08. The third-order valence-electron chi connectivity index (χ3n) is 5.56. The van der Waals surface area contributed by atoms with Crippen LogP contribution in [0.15, 0.2) is 48.5 Å². The molecule has 1 aliphatic carbocycles. The summed E-state index contributed by atoms with van der Waals surface area (Å²) in [6, 6.07) is 16.1. The predicted molar refractivity (Wildman–Crippen MR) is 111 cm³/mol. The highest BCUT2D eigenvalue weighted by Crippen LogP contribution is 2.45. The number of ketones is 1. The maximum absolute atomic E-state index is 13.2. The van der Waals surface area contributed by atoms with Gasteiger partial charge in [-0.1, -0.05) is 41.9 Å². The normalized spacial score (nSPS) is 18.7. The van der Waals surface area contributed by atoms with Crippen molar-refractivity contribution in [2.24, 2.45) is 0 Å². The van der Waals surface area contributed by atoms with Gasteiger partial charge in [0.1, 0.15) is 0 Å². The fourth-order valence-corrected chi connectivity index (χ4v) is 5.84. The lowest BCUT2D eigenvalue weighted by Crippen LogP contribution is -2.33. The summed E-state index contributed by atoms with van der Waals surface area (Å²) >= 11 is 7.80. The molecule has 2 N–H and O–H groups in total. The Morgan fingerprint density at radius 2 is 2.00 bits per heavy atom.